The summed E-state index contributed by atoms with van der Waals surface area (Å²) >= 11 is 0. The molecule has 2 heterocycles. The van der Waals surface area contributed by atoms with Crippen LogP contribution in [0.3, 0.4) is 0 Å². The highest BCUT2D eigenvalue weighted by Crippen LogP contribution is 2.17. The molecule has 1 saturated heterocycles. The number of hydrogen-bond donors (Lipinski definition) is 2. The van der Waals surface area contributed by atoms with Gasteiger partial charge in [0, 0.05) is 19.6 Å². The van der Waals surface area contributed by atoms with Crippen LogP contribution in [0.4, 0.5) is 17.8 Å². The third-order valence-corrected chi connectivity index (χ3v) is 3.09. The highest BCUT2D eigenvalue weighted by molar-refractivity contribution is 5.42. The monoisotopic (exact) mass is 250 g/mol. The van der Waals surface area contributed by atoms with Crippen LogP contribution in [0.1, 0.15) is 39.0 Å². The first-order valence-corrected chi connectivity index (χ1v) is 6.80. The maximum atomic E-state index is 5.74. The Hall–Kier alpha value is -1.59. The lowest BCUT2D eigenvalue weighted by Gasteiger charge is -2.26. The molecule has 3 N–H and O–H groups in total. The Morgan fingerprint density at radius 2 is 1.94 bits per heavy atom. The molecule has 0 aliphatic carbocycles. The summed E-state index contributed by atoms with van der Waals surface area (Å²) in [6, 6.07) is 0. The average molecular weight is 250 g/mol. The number of nitrogens with zero attached hydrogens (tertiary/aromatic N) is 4. The Bertz CT molecular complexity index is 375. The zero-order chi connectivity index (χ0) is 12.8. The molecule has 1 fully saturated rings. The zero-order valence-electron chi connectivity index (χ0n) is 11.0. The Balaban J connectivity index is 2.05. The number of unbranched alkanes of at least 4 members (excludes halogenated alkanes) is 1. The fourth-order valence-electron chi connectivity index (χ4n) is 2.07. The van der Waals surface area contributed by atoms with E-state index >= 15 is 0 Å². The minimum Gasteiger partial charge on any atom is -0.368 e. The molecule has 0 amide bonds. The summed E-state index contributed by atoms with van der Waals surface area (Å²) in [5, 5.41) is 3.20. The molecule has 1 aromatic rings. The van der Waals surface area contributed by atoms with Gasteiger partial charge in [0.1, 0.15) is 0 Å². The van der Waals surface area contributed by atoms with Gasteiger partial charge in [-0.2, -0.15) is 15.0 Å². The predicted octanol–water partition coefficient (Wildman–Crippen LogP) is 1.66. The van der Waals surface area contributed by atoms with Crippen molar-refractivity contribution in [2.45, 2.75) is 39.0 Å². The van der Waals surface area contributed by atoms with E-state index in [1.807, 2.05) is 0 Å². The zero-order valence-corrected chi connectivity index (χ0v) is 11.0. The van der Waals surface area contributed by atoms with E-state index in [9.17, 15) is 0 Å². The van der Waals surface area contributed by atoms with Crippen LogP contribution in [0.5, 0.6) is 0 Å². The van der Waals surface area contributed by atoms with E-state index in [2.05, 4.69) is 32.1 Å². The molecule has 0 bridgehead atoms. The number of nitrogens with one attached hydrogen (secondary N) is 1. The number of nitrogens with two attached hydrogens (primary N) is 1. The van der Waals surface area contributed by atoms with E-state index in [1.165, 1.54) is 19.3 Å². The number of anilines is 3. The van der Waals surface area contributed by atoms with Gasteiger partial charge in [0.05, 0.1) is 0 Å². The molecule has 0 saturated carbocycles. The molecule has 1 aliphatic heterocycles. The summed E-state index contributed by atoms with van der Waals surface area (Å²) in [7, 11) is 0. The van der Waals surface area contributed by atoms with E-state index in [0.29, 0.717) is 17.8 Å². The van der Waals surface area contributed by atoms with Crippen LogP contribution in [0.15, 0.2) is 0 Å². The number of piperidine rings is 1. The molecular weight excluding hydrogens is 228 g/mol. The minimum absolute atomic E-state index is 0.296. The second-order valence-corrected chi connectivity index (χ2v) is 4.65. The topological polar surface area (TPSA) is 80.0 Å². The molecule has 0 aromatic carbocycles. The Kier molecular flexibility index (Phi) is 4.55. The van der Waals surface area contributed by atoms with Crippen LogP contribution < -0.4 is 16.0 Å². The molecule has 1 aromatic heterocycles. The normalized spacial score (nSPS) is 15.7. The van der Waals surface area contributed by atoms with E-state index < -0.39 is 0 Å². The number of aromatic nitrogens is 3. The van der Waals surface area contributed by atoms with Crippen LogP contribution in [-0.2, 0) is 0 Å². The van der Waals surface area contributed by atoms with Crippen molar-refractivity contribution in [1.29, 1.82) is 0 Å². The highest BCUT2D eigenvalue weighted by atomic mass is 15.3. The summed E-state index contributed by atoms with van der Waals surface area (Å²) in [6.45, 7) is 5.05. The number of hydrogen-bond acceptors (Lipinski definition) is 6. The molecular formula is C12H22N6. The van der Waals surface area contributed by atoms with Crippen molar-refractivity contribution >= 4 is 17.8 Å². The van der Waals surface area contributed by atoms with Crippen molar-refractivity contribution in [3.05, 3.63) is 0 Å². The van der Waals surface area contributed by atoms with Crippen LogP contribution in [0, 0.1) is 0 Å². The van der Waals surface area contributed by atoms with Gasteiger partial charge in [-0.25, -0.2) is 0 Å². The summed E-state index contributed by atoms with van der Waals surface area (Å²) in [5.74, 6) is 1.60. The molecule has 0 atom stereocenters. The third-order valence-electron chi connectivity index (χ3n) is 3.09. The standard InChI is InChI=1S/C12H22N6/c1-2-3-7-14-11-15-10(13)16-12(17-11)18-8-5-4-6-9-18/h2-9H2,1H3,(H3,13,14,15,16,17). The van der Waals surface area contributed by atoms with E-state index in [0.717, 1.165) is 32.5 Å². The lowest BCUT2D eigenvalue weighted by Crippen LogP contribution is -2.31. The van der Waals surface area contributed by atoms with Gasteiger partial charge in [0.25, 0.3) is 0 Å². The Labute approximate surface area is 108 Å². The summed E-state index contributed by atoms with van der Waals surface area (Å²) in [6.07, 6.45) is 5.93. The first-order chi connectivity index (χ1) is 8.79. The smallest absolute Gasteiger partial charge is 0.231 e. The highest BCUT2D eigenvalue weighted by Gasteiger charge is 2.15. The van der Waals surface area contributed by atoms with Crippen molar-refractivity contribution in [1.82, 2.24) is 15.0 Å². The maximum absolute atomic E-state index is 5.74. The van der Waals surface area contributed by atoms with Crippen molar-refractivity contribution in [3.63, 3.8) is 0 Å². The average Bonchev–Trinajstić information content (AvgIpc) is 2.39. The largest absolute Gasteiger partial charge is 0.368 e. The molecule has 2 rings (SSSR count). The summed E-state index contributed by atoms with van der Waals surface area (Å²) in [5.41, 5.74) is 5.74. The van der Waals surface area contributed by atoms with Crippen LogP contribution >= 0.6 is 0 Å². The second-order valence-electron chi connectivity index (χ2n) is 4.65. The first kappa shape index (κ1) is 12.9. The van der Waals surface area contributed by atoms with Crippen LogP contribution in [0.2, 0.25) is 0 Å². The van der Waals surface area contributed by atoms with E-state index in [4.69, 9.17) is 5.73 Å². The minimum atomic E-state index is 0.296. The fourth-order valence-corrected chi connectivity index (χ4v) is 2.07. The van der Waals surface area contributed by atoms with E-state index in [-0.39, 0.29) is 0 Å². The van der Waals surface area contributed by atoms with Crippen LogP contribution in [0.25, 0.3) is 0 Å². The van der Waals surface area contributed by atoms with Crippen molar-refractivity contribution in [2.24, 2.45) is 0 Å². The van der Waals surface area contributed by atoms with Gasteiger partial charge in [-0.15, -0.1) is 0 Å². The van der Waals surface area contributed by atoms with Gasteiger partial charge in [-0.3, -0.25) is 0 Å². The molecule has 0 unspecified atom stereocenters. The van der Waals surface area contributed by atoms with Crippen LogP contribution in [-0.4, -0.2) is 34.6 Å². The van der Waals surface area contributed by atoms with Gasteiger partial charge < -0.3 is 16.0 Å². The lowest BCUT2D eigenvalue weighted by atomic mass is 10.1. The molecule has 100 valence electrons. The molecule has 1 aliphatic rings. The van der Waals surface area contributed by atoms with E-state index in [1.54, 1.807) is 0 Å². The van der Waals surface area contributed by atoms with Gasteiger partial charge in [0.2, 0.25) is 17.8 Å². The molecule has 0 radical (unpaired) electrons. The van der Waals surface area contributed by atoms with Gasteiger partial charge in [0.15, 0.2) is 0 Å². The first-order valence-electron chi connectivity index (χ1n) is 6.80. The van der Waals surface area contributed by atoms with Gasteiger partial charge in [-0.1, -0.05) is 13.3 Å². The van der Waals surface area contributed by atoms with Gasteiger partial charge >= 0.3 is 0 Å². The number of rotatable bonds is 5. The quantitative estimate of drug-likeness (QED) is 0.774. The number of nitrogen functional groups attached to an aromatic ring is 1. The maximum Gasteiger partial charge on any atom is 0.231 e. The SMILES string of the molecule is CCCCNc1nc(N)nc(N2CCCCC2)n1. The molecule has 6 nitrogen and oxygen atoms in total. The molecule has 6 heteroatoms. The summed E-state index contributed by atoms with van der Waals surface area (Å²) < 4.78 is 0. The van der Waals surface area contributed by atoms with Crippen molar-refractivity contribution < 1.29 is 0 Å². The Morgan fingerprint density at radius 1 is 1.17 bits per heavy atom. The molecule has 0 spiro atoms. The fraction of sp³-hybridized carbons (Fsp3) is 0.750. The van der Waals surface area contributed by atoms with Gasteiger partial charge in [-0.05, 0) is 25.7 Å². The third kappa shape index (κ3) is 3.45. The lowest BCUT2D eigenvalue weighted by molar-refractivity contribution is 0.568. The predicted molar refractivity (Wildman–Crippen MR) is 73.7 cm³/mol. The Morgan fingerprint density at radius 3 is 2.67 bits per heavy atom. The van der Waals surface area contributed by atoms with Crippen molar-refractivity contribution in [2.75, 3.05) is 35.6 Å². The molecule has 18 heavy (non-hydrogen) atoms. The second kappa shape index (κ2) is 6.37. The summed E-state index contributed by atoms with van der Waals surface area (Å²) in [4.78, 5) is 15.0. The van der Waals surface area contributed by atoms with Crippen molar-refractivity contribution in [3.8, 4) is 0 Å².